The average Bonchev–Trinajstić information content (AvgIpc) is 2.47. The normalized spacial score (nSPS) is 24.3. The zero-order valence-corrected chi connectivity index (χ0v) is 14.3. The number of halogens is 4. The van der Waals surface area contributed by atoms with Gasteiger partial charge in [-0.1, -0.05) is 12.1 Å². The lowest BCUT2D eigenvalue weighted by molar-refractivity contribution is -0.275. The fourth-order valence-corrected chi connectivity index (χ4v) is 3.84. The second kappa shape index (κ2) is 7.49. The molecule has 1 fully saturated rings. The van der Waals surface area contributed by atoms with Crippen molar-refractivity contribution in [3.8, 4) is 5.75 Å². The number of benzene rings is 1. The van der Waals surface area contributed by atoms with Crippen molar-refractivity contribution in [1.82, 2.24) is 0 Å². The van der Waals surface area contributed by atoms with Gasteiger partial charge in [-0.05, 0) is 31.7 Å². The molecule has 6 nitrogen and oxygen atoms in total. The first-order chi connectivity index (χ1) is 12.0. The van der Waals surface area contributed by atoms with E-state index in [0.717, 1.165) is 6.07 Å². The van der Waals surface area contributed by atoms with Crippen LogP contribution in [0.5, 0.6) is 5.75 Å². The summed E-state index contributed by atoms with van der Waals surface area (Å²) >= 11 is 0. The Balaban J connectivity index is 2.27. The first-order valence-electron chi connectivity index (χ1n) is 7.64. The summed E-state index contributed by atoms with van der Waals surface area (Å²) in [5, 5.41) is 0. The molecule has 2 N–H and O–H groups in total. The molecule has 26 heavy (non-hydrogen) atoms. The van der Waals surface area contributed by atoms with Gasteiger partial charge in [-0.2, -0.15) is 8.42 Å². The van der Waals surface area contributed by atoms with Crippen LogP contribution in [-0.2, 0) is 24.6 Å². The Labute approximate surface area is 147 Å². The molecule has 0 bridgehead atoms. The maximum absolute atomic E-state index is 14.5. The Morgan fingerprint density at radius 3 is 2.65 bits per heavy atom. The van der Waals surface area contributed by atoms with Gasteiger partial charge in [0.25, 0.3) is 10.1 Å². The molecule has 2 rings (SSSR count). The molecule has 1 saturated carbocycles. The minimum atomic E-state index is -5.07. The molecule has 2 unspecified atom stereocenters. The molecular weight excluding hydrogens is 382 g/mol. The summed E-state index contributed by atoms with van der Waals surface area (Å²) in [6.07, 6.45) is -5.07. The number of carbonyl (C=O) groups excluding carboxylic acids is 1. The minimum Gasteiger partial charge on any atom is -0.403 e. The van der Waals surface area contributed by atoms with Crippen molar-refractivity contribution in [3.63, 3.8) is 0 Å². The maximum Gasteiger partial charge on any atom is 0.573 e. The number of aldehydes is 1. The lowest BCUT2D eigenvalue weighted by atomic mass is 9.76. The van der Waals surface area contributed by atoms with E-state index in [0.29, 0.717) is 12.8 Å². The van der Waals surface area contributed by atoms with Crippen LogP contribution in [0.3, 0.4) is 0 Å². The topological polar surface area (TPSA) is 95.7 Å². The quantitative estimate of drug-likeness (QED) is 0.448. The number of hydrogen-bond acceptors (Lipinski definition) is 6. The molecule has 1 aliphatic rings. The van der Waals surface area contributed by atoms with Crippen molar-refractivity contribution in [2.24, 2.45) is 5.73 Å². The van der Waals surface area contributed by atoms with E-state index in [9.17, 15) is 30.8 Å². The highest BCUT2D eigenvalue weighted by Crippen LogP contribution is 2.40. The van der Waals surface area contributed by atoms with Crippen LogP contribution in [0, 0.1) is 5.82 Å². The summed E-state index contributed by atoms with van der Waals surface area (Å²) in [6.45, 7) is 0. The van der Waals surface area contributed by atoms with E-state index >= 15 is 0 Å². The average molecular weight is 399 g/mol. The predicted molar refractivity (Wildman–Crippen MR) is 82.1 cm³/mol. The van der Waals surface area contributed by atoms with Gasteiger partial charge >= 0.3 is 6.36 Å². The Morgan fingerprint density at radius 2 is 2.04 bits per heavy atom. The van der Waals surface area contributed by atoms with E-state index in [4.69, 9.17) is 9.92 Å². The molecule has 0 aliphatic heterocycles. The molecule has 2 atom stereocenters. The second-order valence-electron chi connectivity index (χ2n) is 6.03. The molecular formula is C15H17F4NO5S. The van der Waals surface area contributed by atoms with Gasteiger partial charge in [0.2, 0.25) is 0 Å². The number of alkyl halides is 3. The van der Waals surface area contributed by atoms with Crippen LogP contribution in [0.15, 0.2) is 18.2 Å². The third-order valence-electron chi connectivity index (χ3n) is 4.02. The molecule has 0 radical (unpaired) electrons. The van der Waals surface area contributed by atoms with E-state index in [1.807, 2.05) is 0 Å². The van der Waals surface area contributed by atoms with Gasteiger partial charge in [0.15, 0.2) is 11.6 Å². The third kappa shape index (κ3) is 5.15. The van der Waals surface area contributed by atoms with Gasteiger partial charge in [-0.3, -0.25) is 4.18 Å². The number of rotatable bonds is 6. The van der Waals surface area contributed by atoms with Gasteiger partial charge in [0, 0.05) is 11.1 Å². The van der Waals surface area contributed by atoms with Crippen LogP contribution in [0.1, 0.15) is 31.2 Å². The lowest BCUT2D eigenvalue weighted by Crippen LogP contribution is -2.45. The summed E-state index contributed by atoms with van der Waals surface area (Å²) in [6, 6.07) is 3.21. The van der Waals surface area contributed by atoms with Gasteiger partial charge in [0.05, 0.1) is 6.10 Å². The maximum atomic E-state index is 14.5. The number of carbonyl (C=O) groups is 1. The summed E-state index contributed by atoms with van der Waals surface area (Å²) in [4.78, 5) is 10.4. The number of hydrogen-bond donors (Lipinski definition) is 1. The van der Waals surface area contributed by atoms with Gasteiger partial charge in [0.1, 0.15) is 12.0 Å². The largest absolute Gasteiger partial charge is 0.573 e. The zero-order valence-electron chi connectivity index (χ0n) is 13.5. The molecule has 0 heterocycles. The van der Waals surface area contributed by atoms with E-state index in [1.54, 1.807) is 0 Å². The summed E-state index contributed by atoms with van der Waals surface area (Å²) in [5.41, 5.74) is 4.52. The van der Waals surface area contributed by atoms with Crippen molar-refractivity contribution in [2.45, 2.75) is 43.7 Å². The number of nitrogens with two attached hydrogens (primary N) is 1. The van der Waals surface area contributed by atoms with E-state index in [2.05, 4.69) is 4.74 Å². The molecule has 0 amide bonds. The van der Waals surface area contributed by atoms with Crippen LogP contribution in [-0.4, -0.2) is 32.9 Å². The van der Waals surface area contributed by atoms with Crippen molar-refractivity contribution < 1.29 is 39.7 Å². The molecule has 0 spiro atoms. The van der Waals surface area contributed by atoms with Gasteiger partial charge in [-0.25, -0.2) is 4.39 Å². The first kappa shape index (κ1) is 20.6. The Morgan fingerprint density at radius 1 is 1.35 bits per heavy atom. The van der Waals surface area contributed by atoms with Crippen LogP contribution < -0.4 is 10.5 Å². The smallest absolute Gasteiger partial charge is 0.403 e. The first-order valence-corrected chi connectivity index (χ1v) is 9.22. The predicted octanol–water partition coefficient (Wildman–Crippen LogP) is 2.37. The van der Waals surface area contributed by atoms with Crippen LogP contribution in [0.25, 0.3) is 0 Å². The molecule has 1 aliphatic carbocycles. The van der Waals surface area contributed by atoms with E-state index in [-0.39, 0.29) is 24.7 Å². The van der Waals surface area contributed by atoms with Crippen molar-refractivity contribution in [2.75, 3.05) is 5.75 Å². The minimum absolute atomic E-state index is 0.141. The molecule has 0 aromatic heterocycles. The van der Waals surface area contributed by atoms with Crippen LogP contribution in [0.2, 0.25) is 0 Å². The van der Waals surface area contributed by atoms with Crippen LogP contribution in [0.4, 0.5) is 17.6 Å². The van der Waals surface area contributed by atoms with E-state index < -0.39 is 45.4 Å². The standard InChI is InChI=1S/C15H17F4NO5S/c16-13-11(4-1-5-12(13)24-15(17,18)19)14(20)6-2-3-10(9-14)25-26(22,23)8-7-21/h1,4-5,7,10H,2-3,6,8-9,20H2. The molecule has 11 heteroatoms. The van der Waals surface area contributed by atoms with Crippen molar-refractivity contribution in [1.29, 1.82) is 0 Å². The Kier molecular flexibility index (Phi) is 5.93. The summed E-state index contributed by atoms with van der Waals surface area (Å²) < 4.78 is 83.4. The lowest BCUT2D eigenvalue weighted by Gasteiger charge is -2.38. The molecule has 0 saturated heterocycles. The zero-order chi connectivity index (χ0) is 19.6. The molecule has 146 valence electrons. The molecule has 1 aromatic carbocycles. The van der Waals surface area contributed by atoms with Gasteiger partial charge in [-0.15, -0.1) is 13.2 Å². The Hall–Kier alpha value is -1.72. The van der Waals surface area contributed by atoms with Crippen molar-refractivity contribution >= 4 is 16.4 Å². The summed E-state index contributed by atoms with van der Waals surface area (Å²) in [5.74, 6) is -3.11. The third-order valence-corrected chi connectivity index (χ3v) is 5.13. The highest BCUT2D eigenvalue weighted by Gasteiger charge is 2.40. The second-order valence-corrected chi connectivity index (χ2v) is 7.67. The number of ether oxygens (including phenoxy) is 1. The van der Waals surface area contributed by atoms with Crippen molar-refractivity contribution in [3.05, 3.63) is 29.6 Å². The van der Waals surface area contributed by atoms with Gasteiger partial charge < -0.3 is 15.3 Å². The Bertz CT molecular complexity index is 768. The fourth-order valence-electron chi connectivity index (χ4n) is 3.01. The summed E-state index contributed by atoms with van der Waals surface area (Å²) in [7, 11) is -4.10. The van der Waals surface area contributed by atoms with Crippen LogP contribution >= 0.6 is 0 Å². The van der Waals surface area contributed by atoms with E-state index in [1.165, 1.54) is 12.1 Å². The molecule has 1 aromatic rings. The monoisotopic (exact) mass is 399 g/mol. The highest BCUT2D eigenvalue weighted by atomic mass is 32.2. The SMILES string of the molecule is NC1(c2cccc(OC(F)(F)F)c2F)CCCC(OS(=O)(=O)CC=O)C1. The highest BCUT2D eigenvalue weighted by molar-refractivity contribution is 7.87. The fraction of sp³-hybridized carbons (Fsp3) is 0.533.